The van der Waals surface area contributed by atoms with Crippen LogP contribution in [0.4, 0.5) is 0 Å². The van der Waals surface area contributed by atoms with Gasteiger partial charge in [0.05, 0.1) is 30.5 Å². The third-order valence-corrected chi connectivity index (χ3v) is 5.97. The van der Waals surface area contributed by atoms with E-state index in [1.54, 1.807) is 61.0 Å². The molecular weight excluding hydrogens is 410 g/mol. The molecule has 1 heterocycles. The number of H-pyrrole nitrogens is 1. The number of aromatic nitrogens is 2. The van der Waals surface area contributed by atoms with Crippen molar-refractivity contribution in [3.05, 3.63) is 18.2 Å². The van der Waals surface area contributed by atoms with Gasteiger partial charge in [0.1, 0.15) is 0 Å². The van der Waals surface area contributed by atoms with E-state index in [4.69, 9.17) is 5.73 Å². The van der Waals surface area contributed by atoms with E-state index in [1.165, 1.54) is 0 Å². The first-order chi connectivity index (χ1) is 14.6. The highest BCUT2D eigenvalue weighted by Gasteiger charge is 2.35. The monoisotopic (exact) mass is 449 g/mol. The number of carbonyl (C=O) groups excluding carboxylic acids is 4. The number of rotatable bonds is 14. The fourth-order valence-corrected chi connectivity index (χ4v) is 3.09. The molecule has 180 valence electrons. The Labute approximate surface area is 190 Å². The molecule has 0 radical (unpaired) electrons. The summed E-state index contributed by atoms with van der Waals surface area (Å²) in [5.41, 5.74) is 3.56. The molecule has 0 spiro atoms. The summed E-state index contributed by atoms with van der Waals surface area (Å²) in [6, 6.07) is 0. The Morgan fingerprint density at radius 1 is 1.03 bits per heavy atom. The molecule has 0 unspecified atom stereocenters. The second kappa shape index (κ2) is 11.0. The third kappa shape index (κ3) is 7.94. The molecule has 0 aromatic carbocycles. The van der Waals surface area contributed by atoms with Crippen molar-refractivity contribution >= 4 is 23.3 Å². The van der Waals surface area contributed by atoms with Crippen LogP contribution in [0.15, 0.2) is 12.5 Å². The highest BCUT2D eigenvalue weighted by molar-refractivity contribution is 5.95. The molecule has 1 aromatic heterocycles. The molecule has 0 saturated heterocycles. The van der Waals surface area contributed by atoms with Crippen molar-refractivity contribution < 1.29 is 19.2 Å². The molecule has 9 heteroatoms. The van der Waals surface area contributed by atoms with Gasteiger partial charge in [0.2, 0.25) is 5.91 Å². The molecule has 0 fully saturated rings. The van der Waals surface area contributed by atoms with E-state index in [0.29, 0.717) is 12.8 Å². The lowest BCUT2D eigenvalue weighted by atomic mass is 9.80. The quantitative estimate of drug-likeness (QED) is 0.335. The summed E-state index contributed by atoms with van der Waals surface area (Å²) >= 11 is 0. The van der Waals surface area contributed by atoms with E-state index >= 15 is 0 Å². The number of amides is 1. The molecule has 0 saturated carbocycles. The highest BCUT2D eigenvalue weighted by Crippen LogP contribution is 2.25. The Morgan fingerprint density at radius 2 is 1.66 bits per heavy atom. The van der Waals surface area contributed by atoms with Crippen molar-refractivity contribution in [2.75, 3.05) is 13.1 Å². The summed E-state index contributed by atoms with van der Waals surface area (Å²) in [6.07, 6.45) is 4.28. The number of nitrogens with zero attached hydrogens (tertiary/aromatic N) is 1. The first-order valence-corrected chi connectivity index (χ1v) is 11.0. The Kier molecular flexibility index (Phi) is 9.47. The number of aromatic amines is 1. The van der Waals surface area contributed by atoms with E-state index < -0.39 is 16.5 Å². The first-order valence-electron chi connectivity index (χ1n) is 11.0. The van der Waals surface area contributed by atoms with Crippen molar-refractivity contribution in [3.8, 4) is 0 Å². The van der Waals surface area contributed by atoms with Gasteiger partial charge in [-0.3, -0.25) is 24.5 Å². The molecular formula is C23H39N5O4. The molecule has 1 rings (SSSR count). The fourth-order valence-electron chi connectivity index (χ4n) is 3.09. The predicted octanol–water partition coefficient (Wildman–Crippen LogP) is 1.32. The number of Topliss-reactive ketones (excluding diaryl/α,β-unsaturated/α-hetero) is 3. The average Bonchev–Trinajstić information content (AvgIpc) is 3.21. The topological polar surface area (TPSA) is 147 Å². The van der Waals surface area contributed by atoms with Gasteiger partial charge in [0, 0.05) is 36.1 Å². The zero-order valence-corrected chi connectivity index (χ0v) is 20.4. The smallest absolute Gasteiger partial charge is 0.223 e. The van der Waals surface area contributed by atoms with E-state index in [9.17, 15) is 19.2 Å². The van der Waals surface area contributed by atoms with Gasteiger partial charge in [0.25, 0.3) is 0 Å². The van der Waals surface area contributed by atoms with Gasteiger partial charge in [-0.2, -0.15) is 0 Å². The number of hydrogen-bond donors (Lipinski definition) is 4. The minimum Gasteiger partial charge on any atom is -0.348 e. The second-order valence-electron chi connectivity index (χ2n) is 10.1. The Morgan fingerprint density at radius 3 is 2.19 bits per heavy atom. The Balaban J connectivity index is 2.60. The van der Waals surface area contributed by atoms with Crippen molar-refractivity contribution in [2.24, 2.45) is 17.1 Å². The second-order valence-corrected chi connectivity index (χ2v) is 10.1. The van der Waals surface area contributed by atoms with Crippen LogP contribution in [0.1, 0.15) is 67.0 Å². The van der Waals surface area contributed by atoms with E-state index in [2.05, 4.69) is 20.6 Å². The van der Waals surface area contributed by atoms with Gasteiger partial charge in [-0.1, -0.05) is 20.8 Å². The van der Waals surface area contributed by atoms with Crippen LogP contribution in [-0.2, 0) is 25.6 Å². The number of carbonyl (C=O) groups is 4. The van der Waals surface area contributed by atoms with Gasteiger partial charge in [-0.25, -0.2) is 4.98 Å². The maximum absolute atomic E-state index is 12.8. The number of imidazole rings is 1. The van der Waals surface area contributed by atoms with Crippen LogP contribution < -0.4 is 16.4 Å². The fraction of sp³-hybridized carbons (Fsp3) is 0.696. The summed E-state index contributed by atoms with van der Waals surface area (Å²) in [6.45, 7) is 11.9. The number of nitrogens with one attached hydrogen (secondary N) is 3. The molecule has 0 aliphatic carbocycles. The molecule has 1 amide bonds. The van der Waals surface area contributed by atoms with Crippen molar-refractivity contribution in [2.45, 2.75) is 78.8 Å². The van der Waals surface area contributed by atoms with Crippen molar-refractivity contribution in [1.82, 2.24) is 20.6 Å². The molecule has 5 N–H and O–H groups in total. The summed E-state index contributed by atoms with van der Waals surface area (Å²) in [5.74, 6) is -1.00. The minimum absolute atomic E-state index is 0.0569. The van der Waals surface area contributed by atoms with E-state index in [0.717, 1.165) is 5.69 Å². The molecule has 32 heavy (non-hydrogen) atoms. The van der Waals surface area contributed by atoms with Gasteiger partial charge < -0.3 is 16.0 Å². The van der Waals surface area contributed by atoms with Crippen LogP contribution in [0, 0.1) is 11.3 Å². The number of ketones is 3. The third-order valence-electron chi connectivity index (χ3n) is 5.97. The largest absolute Gasteiger partial charge is 0.348 e. The van der Waals surface area contributed by atoms with Crippen LogP contribution >= 0.6 is 0 Å². The van der Waals surface area contributed by atoms with Crippen molar-refractivity contribution in [3.63, 3.8) is 0 Å². The lowest BCUT2D eigenvalue weighted by Gasteiger charge is -2.30. The molecule has 0 aliphatic rings. The van der Waals surface area contributed by atoms with Gasteiger partial charge in [-0.15, -0.1) is 0 Å². The van der Waals surface area contributed by atoms with Crippen LogP contribution in [0.5, 0.6) is 0 Å². The van der Waals surface area contributed by atoms with Crippen LogP contribution in [-0.4, -0.2) is 57.4 Å². The maximum atomic E-state index is 12.8. The van der Waals surface area contributed by atoms with E-state index in [1.807, 2.05) is 0 Å². The van der Waals surface area contributed by atoms with Crippen LogP contribution in [0.3, 0.4) is 0 Å². The molecule has 0 bridgehead atoms. The van der Waals surface area contributed by atoms with Crippen LogP contribution in [0.25, 0.3) is 0 Å². The summed E-state index contributed by atoms with van der Waals surface area (Å²) in [7, 11) is 0. The maximum Gasteiger partial charge on any atom is 0.223 e. The number of hydrogen-bond acceptors (Lipinski definition) is 7. The van der Waals surface area contributed by atoms with Crippen molar-refractivity contribution in [1.29, 1.82) is 0 Å². The molecule has 0 aliphatic heterocycles. The zero-order chi connectivity index (χ0) is 24.7. The Hall–Kier alpha value is -2.39. The predicted molar refractivity (Wildman–Crippen MR) is 123 cm³/mol. The number of nitrogens with two attached hydrogens (primary N) is 1. The Bertz CT molecular complexity index is 812. The van der Waals surface area contributed by atoms with Gasteiger partial charge in [0.15, 0.2) is 17.3 Å². The standard InChI is InChI=1S/C23H39N5O4/c1-15(10-16-12-25-14-26-16)20(32)28-23(6,7)19(31)13-27-22(4,5)17(29)8-9-21(2,3)18(30)11-24/h12,14-15,27H,8-11,13,24H2,1-7H3,(H,25,26)(H,28,32)/t15-/m0/s1. The molecule has 1 aromatic rings. The summed E-state index contributed by atoms with van der Waals surface area (Å²) < 4.78 is 0. The lowest BCUT2D eigenvalue weighted by Crippen LogP contribution is -2.57. The van der Waals surface area contributed by atoms with Crippen LogP contribution in [0.2, 0.25) is 0 Å². The first kappa shape index (κ1) is 27.6. The molecule has 1 atom stereocenters. The normalized spacial score (nSPS) is 13.5. The lowest BCUT2D eigenvalue weighted by molar-refractivity contribution is -0.133. The average molecular weight is 450 g/mol. The zero-order valence-electron chi connectivity index (χ0n) is 20.4. The highest BCUT2D eigenvalue weighted by atomic mass is 16.2. The minimum atomic E-state index is -1.10. The molecule has 9 nitrogen and oxygen atoms in total. The van der Waals surface area contributed by atoms with Gasteiger partial charge in [-0.05, 0) is 34.1 Å². The SMILES string of the molecule is C[C@@H](Cc1cnc[nH]1)C(=O)NC(C)(C)C(=O)CNC(C)(C)C(=O)CCC(C)(C)C(=O)CN. The van der Waals surface area contributed by atoms with E-state index in [-0.39, 0.29) is 48.7 Å². The summed E-state index contributed by atoms with van der Waals surface area (Å²) in [4.78, 5) is 56.9. The van der Waals surface area contributed by atoms with Gasteiger partial charge >= 0.3 is 0 Å². The summed E-state index contributed by atoms with van der Waals surface area (Å²) in [5, 5.41) is 5.81.